The Morgan fingerprint density at radius 3 is 2.00 bits per heavy atom. The monoisotopic (exact) mass is 522 g/mol. The SMILES string of the molecule is CC(C)Oc1nc(-c2ccccc2O)nc(-c2cc3c(c4ccccc24)c2ccccc2n3-c2ccccc2)n1. The largest absolute Gasteiger partial charge is 0.507 e. The summed E-state index contributed by atoms with van der Waals surface area (Å²) in [6.45, 7) is 3.87. The third kappa shape index (κ3) is 3.93. The molecule has 6 nitrogen and oxygen atoms in total. The Kier molecular flexibility index (Phi) is 5.67. The van der Waals surface area contributed by atoms with Crippen LogP contribution in [0.1, 0.15) is 13.8 Å². The maximum absolute atomic E-state index is 10.6. The summed E-state index contributed by atoms with van der Waals surface area (Å²) in [6, 6.07) is 36.6. The molecule has 0 saturated heterocycles. The van der Waals surface area contributed by atoms with E-state index >= 15 is 0 Å². The van der Waals surface area contributed by atoms with Crippen LogP contribution in [0.25, 0.3) is 61.0 Å². The van der Waals surface area contributed by atoms with Crippen LogP contribution in [0.5, 0.6) is 11.8 Å². The average Bonchev–Trinajstić information content (AvgIpc) is 3.31. The maximum Gasteiger partial charge on any atom is 0.320 e. The van der Waals surface area contributed by atoms with Crippen LogP contribution >= 0.6 is 0 Å². The minimum atomic E-state index is -0.132. The number of nitrogens with zero attached hydrogens (tertiary/aromatic N) is 4. The molecule has 2 aromatic heterocycles. The van der Waals surface area contributed by atoms with Crippen molar-refractivity contribution in [1.82, 2.24) is 19.5 Å². The van der Waals surface area contributed by atoms with Gasteiger partial charge in [-0.3, -0.25) is 0 Å². The molecule has 0 aliphatic heterocycles. The highest BCUT2D eigenvalue weighted by Crippen LogP contribution is 2.41. The number of aromatic nitrogens is 4. The second-order valence-corrected chi connectivity index (χ2v) is 10.0. The number of rotatable bonds is 5. The summed E-state index contributed by atoms with van der Waals surface area (Å²) >= 11 is 0. The van der Waals surface area contributed by atoms with Crippen LogP contribution in [0.3, 0.4) is 0 Å². The second-order valence-electron chi connectivity index (χ2n) is 10.0. The highest BCUT2D eigenvalue weighted by Gasteiger charge is 2.21. The molecule has 40 heavy (non-hydrogen) atoms. The van der Waals surface area contributed by atoms with Gasteiger partial charge >= 0.3 is 6.01 Å². The van der Waals surface area contributed by atoms with Crippen molar-refractivity contribution in [3.8, 4) is 40.2 Å². The van der Waals surface area contributed by atoms with E-state index in [2.05, 4.69) is 82.3 Å². The number of phenolic OH excluding ortho intramolecular Hbond substituents is 1. The summed E-state index contributed by atoms with van der Waals surface area (Å²) in [6.07, 6.45) is -0.132. The maximum atomic E-state index is 10.6. The molecule has 0 amide bonds. The van der Waals surface area contributed by atoms with E-state index < -0.39 is 0 Å². The fourth-order valence-electron chi connectivity index (χ4n) is 5.39. The summed E-state index contributed by atoms with van der Waals surface area (Å²) in [4.78, 5) is 14.2. The lowest BCUT2D eigenvalue weighted by atomic mass is 9.98. The van der Waals surface area contributed by atoms with Crippen molar-refractivity contribution >= 4 is 32.6 Å². The minimum absolute atomic E-state index is 0.0969. The Morgan fingerprint density at radius 2 is 1.25 bits per heavy atom. The number of ether oxygens (including phenoxy) is 1. The van der Waals surface area contributed by atoms with Crippen molar-refractivity contribution in [2.45, 2.75) is 20.0 Å². The Hall–Kier alpha value is -5.23. The highest BCUT2D eigenvalue weighted by atomic mass is 16.5. The second kappa shape index (κ2) is 9.50. The Morgan fingerprint density at radius 1 is 0.625 bits per heavy atom. The molecule has 0 spiro atoms. The number of phenols is 1. The fraction of sp³-hybridized carbons (Fsp3) is 0.0882. The van der Waals surface area contributed by atoms with Crippen molar-refractivity contribution < 1.29 is 9.84 Å². The van der Waals surface area contributed by atoms with E-state index in [1.807, 2.05) is 32.0 Å². The van der Waals surface area contributed by atoms with Crippen LogP contribution in [0.15, 0.2) is 109 Å². The molecule has 0 saturated carbocycles. The van der Waals surface area contributed by atoms with Crippen LogP contribution in [-0.2, 0) is 0 Å². The molecule has 0 radical (unpaired) electrons. The fourth-order valence-corrected chi connectivity index (χ4v) is 5.39. The van der Waals surface area contributed by atoms with Crippen molar-refractivity contribution in [2.75, 3.05) is 0 Å². The quantitative estimate of drug-likeness (QED) is 0.248. The molecule has 2 heterocycles. The van der Waals surface area contributed by atoms with Gasteiger partial charge in [0.25, 0.3) is 0 Å². The Bertz CT molecular complexity index is 2030. The number of benzene rings is 5. The van der Waals surface area contributed by atoms with Crippen molar-refractivity contribution in [3.05, 3.63) is 109 Å². The van der Waals surface area contributed by atoms with Crippen LogP contribution in [0.2, 0.25) is 0 Å². The number of fused-ring (bicyclic) bond motifs is 5. The molecule has 7 aromatic rings. The van der Waals surface area contributed by atoms with Gasteiger partial charge in [-0.15, -0.1) is 0 Å². The first kappa shape index (κ1) is 23.9. The van der Waals surface area contributed by atoms with Crippen molar-refractivity contribution in [2.24, 2.45) is 0 Å². The molecule has 5 aromatic carbocycles. The number of para-hydroxylation sites is 3. The van der Waals surface area contributed by atoms with Gasteiger partial charge in [-0.25, -0.2) is 4.98 Å². The number of hydrogen-bond acceptors (Lipinski definition) is 5. The first-order valence-electron chi connectivity index (χ1n) is 13.3. The molecule has 1 N–H and O–H groups in total. The minimum Gasteiger partial charge on any atom is -0.507 e. The summed E-state index contributed by atoms with van der Waals surface area (Å²) in [5.74, 6) is 0.929. The third-order valence-corrected chi connectivity index (χ3v) is 7.04. The van der Waals surface area contributed by atoms with E-state index in [4.69, 9.17) is 14.7 Å². The topological polar surface area (TPSA) is 73.1 Å². The zero-order valence-corrected chi connectivity index (χ0v) is 22.1. The molecule has 6 heteroatoms. The lowest BCUT2D eigenvalue weighted by Gasteiger charge is -2.14. The van der Waals surface area contributed by atoms with Crippen LogP contribution in [0.4, 0.5) is 0 Å². The average molecular weight is 523 g/mol. The van der Waals surface area contributed by atoms with Gasteiger partial charge in [-0.1, -0.05) is 72.8 Å². The standard InChI is InChI=1S/C34H26N4O2/c1-21(2)40-34-36-32(26-17-9-11-19-30(26)39)35-33(37-34)27-20-29-31(24-15-7-6-14-23(24)27)25-16-8-10-18-28(25)38(29)22-12-4-3-5-13-22/h3-21,39H,1-2H3. The molecular formula is C34H26N4O2. The first-order valence-corrected chi connectivity index (χ1v) is 13.3. The molecule has 0 aliphatic rings. The van der Waals surface area contributed by atoms with Gasteiger partial charge in [0, 0.05) is 22.0 Å². The molecule has 0 bridgehead atoms. The third-order valence-electron chi connectivity index (χ3n) is 7.04. The number of aromatic hydroxyl groups is 1. The zero-order chi connectivity index (χ0) is 27.2. The van der Waals surface area contributed by atoms with Crippen LogP contribution in [0, 0.1) is 0 Å². The summed E-state index contributed by atoms with van der Waals surface area (Å²) in [5.41, 5.74) is 4.63. The first-order chi connectivity index (χ1) is 19.6. The molecule has 194 valence electrons. The predicted molar refractivity (Wildman–Crippen MR) is 160 cm³/mol. The van der Waals surface area contributed by atoms with Gasteiger partial charge in [-0.05, 0) is 61.0 Å². The van der Waals surface area contributed by atoms with E-state index in [1.165, 1.54) is 10.8 Å². The lowest BCUT2D eigenvalue weighted by molar-refractivity contribution is 0.222. The summed E-state index contributed by atoms with van der Waals surface area (Å²) in [5, 5.41) is 15.1. The van der Waals surface area contributed by atoms with E-state index in [9.17, 15) is 5.11 Å². The Labute approximate surface area is 231 Å². The zero-order valence-electron chi connectivity index (χ0n) is 22.1. The highest BCUT2D eigenvalue weighted by molar-refractivity contribution is 6.24. The normalized spacial score (nSPS) is 11.6. The van der Waals surface area contributed by atoms with Gasteiger partial charge in [0.1, 0.15) is 5.75 Å². The van der Waals surface area contributed by atoms with Gasteiger partial charge in [0.05, 0.1) is 22.7 Å². The lowest BCUT2D eigenvalue weighted by Crippen LogP contribution is -2.10. The Balaban J connectivity index is 1.59. The molecule has 7 rings (SSSR count). The molecule has 0 aliphatic carbocycles. The smallest absolute Gasteiger partial charge is 0.320 e. The van der Waals surface area contributed by atoms with E-state index in [1.54, 1.807) is 18.2 Å². The molecule has 0 fully saturated rings. The molecule has 0 unspecified atom stereocenters. The van der Waals surface area contributed by atoms with Crippen molar-refractivity contribution in [3.63, 3.8) is 0 Å². The van der Waals surface area contributed by atoms with Gasteiger partial charge in [-0.2, -0.15) is 9.97 Å². The van der Waals surface area contributed by atoms with Crippen molar-refractivity contribution in [1.29, 1.82) is 0 Å². The summed E-state index contributed by atoms with van der Waals surface area (Å²) < 4.78 is 8.26. The molecular weight excluding hydrogens is 496 g/mol. The van der Waals surface area contributed by atoms with Crippen LogP contribution in [-0.4, -0.2) is 30.7 Å². The van der Waals surface area contributed by atoms with Gasteiger partial charge in [0.2, 0.25) is 0 Å². The number of hydrogen-bond donors (Lipinski definition) is 1. The van der Waals surface area contributed by atoms with E-state index in [0.717, 1.165) is 33.1 Å². The molecule has 0 atom stereocenters. The van der Waals surface area contributed by atoms with E-state index in [-0.39, 0.29) is 17.9 Å². The van der Waals surface area contributed by atoms with Gasteiger partial charge in [0.15, 0.2) is 11.6 Å². The van der Waals surface area contributed by atoms with Crippen LogP contribution < -0.4 is 4.74 Å². The van der Waals surface area contributed by atoms with Gasteiger partial charge < -0.3 is 14.4 Å². The van der Waals surface area contributed by atoms with E-state index in [0.29, 0.717) is 17.2 Å². The predicted octanol–water partition coefficient (Wildman–Crippen LogP) is 7.95. The summed E-state index contributed by atoms with van der Waals surface area (Å²) in [7, 11) is 0.